The number of hydrogen-bond acceptors (Lipinski definition) is 3. The quantitative estimate of drug-likeness (QED) is 0.508. The summed E-state index contributed by atoms with van der Waals surface area (Å²) in [4.78, 5) is 11.8. The van der Waals surface area contributed by atoms with Crippen LogP contribution in [0.2, 0.25) is 0 Å². The summed E-state index contributed by atoms with van der Waals surface area (Å²) in [6, 6.07) is 0. The molecule has 0 heterocycles. The van der Waals surface area contributed by atoms with Crippen molar-refractivity contribution in [1.82, 2.24) is 0 Å². The van der Waals surface area contributed by atoms with Gasteiger partial charge in [0, 0.05) is 6.42 Å². The molecule has 0 saturated heterocycles. The molecule has 2 atom stereocenters. The molecule has 0 aromatic rings. The van der Waals surface area contributed by atoms with Crippen LogP contribution in [0.5, 0.6) is 0 Å². The van der Waals surface area contributed by atoms with Crippen LogP contribution in [0.25, 0.3) is 0 Å². The van der Waals surface area contributed by atoms with Gasteiger partial charge in [0.25, 0.3) is 0 Å². The molecule has 3 heteroatoms. The lowest BCUT2D eigenvalue weighted by Gasteiger charge is -2.24. The lowest BCUT2D eigenvalue weighted by molar-refractivity contribution is -0.160. The molecule has 1 N–H and O–H groups in total. The summed E-state index contributed by atoms with van der Waals surface area (Å²) >= 11 is 0. The van der Waals surface area contributed by atoms with Crippen LogP contribution in [0.4, 0.5) is 0 Å². The van der Waals surface area contributed by atoms with Gasteiger partial charge in [-0.25, -0.2) is 0 Å². The number of esters is 1. The van der Waals surface area contributed by atoms with Crippen LogP contribution in [0.15, 0.2) is 0 Å². The Balaban J connectivity index is 4.01. The predicted molar refractivity (Wildman–Crippen MR) is 79.0 cm³/mol. The highest BCUT2D eigenvalue weighted by atomic mass is 16.5. The maximum atomic E-state index is 11.8. The van der Waals surface area contributed by atoms with Crippen molar-refractivity contribution in [3.63, 3.8) is 0 Å². The fraction of sp³-hybridized carbons (Fsp3) is 0.938. The first-order valence-corrected chi connectivity index (χ1v) is 7.70. The van der Waals surface area contributed by atoms with Crippen LogP contribution < -0.4 is 0 Å². The third kappa shape index (κ3) is 9.04. The van der Waals surface area contributed by atoms with Crippen molar-refractivity contribution in [2.24, 2.45) is 5.41 Å². The topological polar surface area (TPSA) is 46.5 Å². The van der Waals surface area contributed by atoms with Gasteiger partial charge in [-0.1, -0.05) is 39.5 Å². The molecule has 0 aliphatic carbocycles. The predicted octanol–water partition coefficient (Wildman–Crippen LogP) is 4.08. The van der Waals surface area contributed by atoms with Gasteiger partial charge in [-0.05, 0) is 33.6 Å². The molecule has 0 aliphatic rings. The number of carbonyl (C=O) groups is 1. The van der Waals surface area contributed by atoms with Crippen LogP contribution >= 0.6 is 0 Å². The number of hydrogen-bond donors (Lipinski definition) is 1. The van der Waals surface area contributed by atoms with Crippen molar-refractivity contribution in [2.75, 3.05) is 0 Å². The van der Waals surface area contributed by atoms with Crippen molar-refractivity contribution < 1.29 is 14.6 Å². The van der Waals surface area contributed by atoms with E-state index >= 15 is 0 Å². The molecule has 0 spiro atoms. The third-order valence-corrected chi connectivity index (χ3v) is 3.27. The van der Waals surface area contributed by atoms with Gasteiger partial charge < -0.3 is 9.84 Å². The molecule has 0 unspecified atom stereocenters. The largest absolute Gasteiger partial charge is 0.462 e. The smallest absolute Gasteiger partial charge is 0.311 e. The third-order valence-electron chi connectivity index (χ3n) is 3.27. The first-order valence-electron chi connectivity index (χ1n) is 7.70. The number of rotatable bonds is 9. The minimum absolute atomic E-state index is 0.159. The van der Waals surface area contributed by atoms with E-state index in [0.717, 1.165) is 19.3 Å². The van der Waals surface area contributed by atoms with Crippen molar-refractivity contribution in [3.05, 3.63) is 0 Å². The Bertz CT molecular complexity index is 243. The van der Waals surface area contributed by atoms with E-state index in [0.29, 0.717) is 6.42 Å². The minimum atomic E-state index is -0.473. The summed E-state index contributed by atoms with van der Waals surface area (Å²) in [5.41, 5.74) is -0.473. The van der Waals surface area contributed by atoms with Gasteiger partial charge in [0.2, 0.25) is 0 Å². The molecule has 0 rings (SSSR count). The Labute approximate surface area is 118 Å². The van der Waals surface area contributed by atoms with Gasteiger partial charge in [0.1, 0.15) is 6.10 Å². The van der Waals surface area contributed by atoms with E-state index in [2.05, 4.69) is 6.92 Å². The molecule has 114 valence electrons. The number of ether oxygens (including phenoxy) is 1. The molecule has 3 nitrogen and oxygen atoms in total. The molecule has 0 saturated carbocycles. The first kappa shape index (κ1) is 18.4. The van der Waals surface area contributed by atoms with E-state index in [9.17, 15) is 9.90 Å². The molecular formula is C16H32O3. The fourth-order valence-electron chi connectivity index (χ4n) is 1.85. The van der Waals surface area contributed by atoms with Crippen molar-refractivity contribution in [1.29, 1.82) is 0 Å². The van der Waals surface area contributed by atoms with Crippen LogP contribution in [-0.2, 0) is 9.53 Å². The average Bonchev–Trinajstić information content (AvgIpc) is 2.32. The van der Waals surface area contributed by atoms with E-state index in [-0.39, 0.29) is 18.2 Å². The Morgan fingerprint density at radius 3 is 2.26 bits per heavy atom. The molecule has 0 aliphatic heterocycles. The summed E-state index contributed by atoms with van der Waals surface area (Å²) in [7, 11) is 0. The zero-order valence-corrected chi connectivity index (χ0v) is 13.4. The van der Waals surface area contributed by atoms with Gasteiger partial charge >= 0.3 is 5.97 Å². The minimum Gasteiger partial charge on any atom is -0.462 e. The van der Waals surface area contributed by atoms with Gasteiger partial charge in [-0.2, -0.15) is 0 Å². The highest BCUT2D eigenvalue weighted by Gasteiger charge is 2.26. The zero-order chi connectivity index (χ0) is 14.9. The molecule has 0 fully saturated rings. The maximum absolute atomic E-state index is 11.8. The summed E-state index contributed by atoms with van der Waals surface area (Å²) in [6.45, 7) is 9.72. The Kier molecular flexibility index (Phi) is 9.07. The van der Waals surface area contributed by atoms with Gasteiger partial charge in [0.05, 0.1) is 11.5 Å². The van der Waals surface area contributed by atoms with Crippen LogP contribution in [0.1, 0.15) is 79.6 Å². The standard InChI is InChI=1S/C16H32O3/c1-6-8-9-10-11-13(17)12-14(7-2)19-15(18)16(3,4)5/h13-14,17H,6-12H2,1-5H3/t13-,14-/m0/s1. The summed E-state index contributed by atoms with van der Waals surface area (Å²) < 4.78 is 5.46. The first-order chi connectivity index (χ1) is 8.81. The van der Waals surface area contributed by atoms with Crippen molar-refractivity contribution in [2.45, 2.75) is 91.8 Å². The molecule has 0 amide bonds. The lowest BCUT2D eigenvalue weighted by Crippen LogP contribution is -2.30. The number of aliphatic hydroxyl groups is 1. The second kappa shape index (κ2) is 9.35. The highest BCUT2D eigenvalue weighted by Crippen LogP contribution is 2.20. The van der Waals surface area contributed by atoms with E-state index < -0.39 is 5.41 Å². The molecule has 0 aromatic carbocycles. The van der Waals surface area contributed by atoms with E-state index in [1.807, 2.05) is 27.7 Å². The molecular weight excluding hydrogens is 240 g/mol. The molecule has 0 bridgehead atoms. The highest BCUT2D eigenvalue weighted by molar-refractivity contribution is 5.75. The second-order valence-corrected chi connectivity index (χ2v) is 6.42. The lowest BCUT2D eigenvalue weighted by atomic mass is 9.97. The Morgan fingerprint density at radius 1 is 1.16 bits per heavy atom. The van der Waals surface area contributed by atoms with Crippen molar-refractivity contribution in [3.8, 4) is 0 Å². The van der Waals surface area contributed by atoms with Crippen molar-refractivity contribution >= 4 is 5.97 Å². The number of aliphatic hydroxyl groups excluding tert-OH is 1. The van der Waals surface area contributed by atoms with Crippen LogP contribution in [0, 0.1) is 5.41 Å². The zero-order valence-electron chi connectivity index (χ0n) is 13.4. The fourth-order valence-corrected chi connectivity index (χ4v) is 1.85. The molecule has 19 heavy (non-hydrogen) atoms. The summed E-state index contributed by atoms with van der Waals surface area (Å²) in [6.07, 6.45) is 6.27. The molecule has 0 radical (unpaired) electrons. The van der Waals surface area contributed by atoms with Crippen LogP contribution in [-0.4, -0.2) is 23.3 Å². The Hall–Kier alpha value is -0.570. The summed E-state index contributed by atoms with van der Waals surface area (Å²) in [5, 5.41) is 9.97. The van der Waals surface area contributed by atoms with E-state index in [1.165, 1.54) is 19.3 Å². The number of carbonyl (C=O) groups excluding carboxylic acids is 1. The van der Waals surface area contributed by atoms with Gasteiger partial charge in [-0.3, -0.25) is 4.79 Å². The average molecular weight is 272 g/mol. The maximum Gasteiger partial charge on any atom is 0.311 e. The van der Waals surface area contributed by atoms with Gasteiger partial charge in [0.15, 0.2) is 0 Å². The van der Waals surface area contributed by atoms with Gasteiger partial charge in [-0.15, -0.1) is 0 Å². The SMILES string of the molecule is CCCCCC[C@H](O)C[C@H](CC)OC(=O)C(C)(C)C. The Morgan fingerprint density at radius 2 is 1.79 bits per heavy atom. The van der Waals surface area contributed by atoms with Crippen LogP contribution in [0.3, 0.4) is 0 Å². The molecule has 0 aromatic heterocycles. The second-order valence-electron chi connectivity index (χ2n) is 6.42. The monoisotopic (exact) mass is 272 g/mol. The number of unbranched alkanes of at least 4 members (excludes halogenated alkanes) is 3. The van der Waals surface area contributed by atoms with E-state index in [4.69, 9.17) is 4.74 Å². The summed E-state index contributed by atoms with van der Waals surface area (Å²) in [5.74, 6) is -0.183. The van der Waals surface area contributed by atoms with E-state index in [1.54, 1.807) is 0 Å². The normalized spacial score (nSPS) is 15.1.